The van der Waals surface area contributed by atoms with Crippen molar-refractivity contribution in [3.8, 4) is 5.75 Å². The molecule has 1 aliphatic rings. The van der Waals surface area contributed by atoms with Crippen LogP contribution in [-0.2, 0) is 0 Å². The minimum absolute atomic E-state index is 0. The van der Waals surface area contributed by atoms with Crippen molar-refractivity contribution >= 4 is 18.2 Å². The highest BCUT2D eigenvalue weighted by molar-refractivity contribution is 5.95. The van der Waals surface area contributed by atoms with Crippen LogP contribution in [0.1, 0.15) is 18.4 Å². The predicted octanol–water partition coefficient (Wildman–Crippen LogP) is 2.00. The molecule has 3 N–H and O–H groups in total. The van der Waals surface area contributed by atoms with Crippen LogP contribution in [0.2, 0.25) is 0 Å². The molecular formula is C13H19ClFN3O. The van der Waals surface area contributed by atoms with E-state index >= 15 is 0 Å². The first-order valence-corrected chi connectivity index (χ1v) is 6.05. The molecule has 0 atom stereocenters. The molecule has 6 heteroatoms. The largest absolute Gasteiger partial charge is 0.487 e. The van der Waals surface area contributed by atoms with Crippen LogP contribution < -0.4 is 10.5 Å². The Bertz CT molecular complexity index is 448. The second kappa shape index (κ2) is 6.73. The second-order valence-corrected chi connectivity index (χ2v) is 4.68. The standard InChI is InChI=1S/C13H18FN3O.ClH/c1-17-6-4-10(5-7-17)18-12-3-2-9(13(15)16)8-11(12)14;/h2-3,8,10H,4-7H2,1H3,(H3,15,16);1H. The first-order chi connectivity index (χ1) is 8.56. The fourth-order valence-corrected chi connectivity index (χ4v) is 2.05. The maximum absolute atomic E-state index is 13.8. The minimum Gasteiger partial charge on any atom is -0.487 e. The van der Waals surface area contributed by atoms with Crippen molar-refractivity contribution in [2.24, 2.45) is 5.73 Å². The molecule has 0 aliphatic carbocycles. The average molecular weight is 288 g/mol. The lowest BCUT2D eigenvalue weighted by Crippen LogP contribution is -2.35. The molecule has 106 valence electrons. The minimum atomic E-state index is -0.457. The maximum Gasteiger partial charge on any atom is 0.165 e. The summed E-state index contributed by atoms with van der Waals surface area (Å²) < 4.78 is 19.4. The Morgan fingerprint density at radius 3 is 2.58 bits per heavy atom. The Labute approximate surface area is 118 Å². The highest BCUT2D eigenvalue weighted by Crippen LogP contribution is 2.22. The van der Waals surface area contributed by atoms with Crippen molar-refractivity contribution in [1.82, 2.24) is 4.90 Å². The van der Waals surface area contributed by atoms with Gasteiger partial charge in [0.25, 0.3) is 0 Å². The molecule has 1 saturated heterocycles. The van der Waals surface area contributed by atoms with Crippen LogP contribution in [0.4, 0.5) is 4.39 Å². The van der Waals surface area contributed by atoms with E-state index < -0.39 is 5.82 Å². The summed E-state index contributed by atoms with van der Waals surface area (Å²) in [5, 5.41) is 7.24. The number of nitrogens with two attached hydrogens (primary N) is 1. The molecule has 1 heterocycles. The van der Waals surface area contributed by atoms with E-state index in [0.29, 0.717) is 5.56 Å². The summed E-state index contributed by atoms with van der Waals surface area (Å²) in [6.45, 7) is 1.94. The molecule has 0 unspecified atom stereocenters. The van der Waals surface area contributed by atoms with Crippen LogP contribution in [-0.4, -0.2) is 37.0 Å². The number of rotatable bonds is 3. The lowest BCUT2D eigenvalue weighted by molar-refractivity contribution is 0.110. The van der Waals surface area contributed by atoms with Crippen LogP contribution in [0.3, 0.4) is 0 Å². The van der Waals surface area contributed by atoms with Gasteiger partial charge in [-0.25, -0.2) is 4.39 Å². The lowest BCUT2D eigenvalue weighted by atomic mass is 10.1. The number of nitrogens with one attached hydrogen (secondary N) is 1. The van der Waals surface area contributed by atoms with E-state index in [0.717, 1.165) is 25.9 Å². The van der Waals surface area contributed by atoms with Crippen LogP contribution in [0.5, 0.6) is 5.75 Å². The van der Waals surface area contributed by atoms with Gasteiger partial charge in [0.1, 0.15) is 11.9 Å². The fourth-order valence-electron chi connectivity index (χ4n) is 2.05. The number of benzene rings is 1. The van der Waals surface area contributed by atoms with Gasteiger partial charge in [-0.1, -0.05) is 0 Å². The van der Waals surface area contributed by atoms with Crippen LogP contribution >= 0.6 is 12.4 Å². The van der Waals surface area contributed by atoms with Gasteiger partial charge in [0.05, 0.1) is 0 Å². The van der Waals surface area contributed by atoms with Crippen molar-refractivity contribution in [1.29, 1.82) is 5.41 Å². The molecule has 4 nitrogen and oxygen atoms in total. The molecule has 0 bridgehead atoms. The van der Waals surface area contributed by atoms with Crippen molar-refractivity contribution in [2.75, 3.05) is 20.1 Å². The van der Waals surface area contributed by atoms with Gasteiger partial charge in [0, 0.05) is 18.7 Å². The molecule has 1 aromatic rings. The Balaban J connectivity index is 0.00000180. The van der Waals surface area contributed by atoms with Crippen molar-refractivity contribution in [3.05, 3.63) is 29.6 Å². The van der Waals surface area contributed by atoms with E-state index in [2.05, 4.69) is 11.9 Å². The second-order valence-electron chi connectivity index (χ2n) is 4.68. The topological polar surface area (TPSA) is 62.3 Å². The number of piperidine rings is 1. The van der Waals surface area contributed by atoms with Crippen LogP contribution in [0, 0.1) is 11.2 Å². The number of ether oxygens (including phenoxy) is 1. The number of halogens is 2. The summed E-state index contributed by atoms with van der Waals surface area (Å²) >= 11 is 0. The molecule has 1 aliphatic heterocycles. The SMILES string of the molecule is CN1CCC(Oc2ccc(C(=N)N)cc2F)CC1.Cl. The molecule has 0 saturated carbocycles. The van der Waals surface area contributed by atoms with Gasteiger partial charge in [-0.3, -0.25) is 5.41 Å². The first-order valence-electron chi connectivity index (χ1n) is 6.05. The van der Waals surface area contributed by atoms with Gasteiger partial charge in [0.2, 0.25) is 0 Å². The van der Waals surface area contributed by atoms with Gasteiger partial charge in [-0.15, -0.1) is 12.4 Å². The Kier molecular flexibility index (Phi) is 5.57. The van der Waals surface area contributed by atoms with E-state index in [9.17, 15) is 4.39 Å². The van der Waals surface area contributed by atoms with Gasteiger partial charge in [-0.2, -0.15) is 0 Å². The summed E-state index contributed by atoms with van der Waals surface area (Å²) in [5.41, 5.74) is 5.68. The lowest BCUT2D eigenvalue weighted by Gasteiger charge is -2.29. The molecule has 0 aromatic heterocycles. The van der Waals surface area contributed by atoms with E-state index in [1.165, 1.54) is 6.07 Å². The number of nitrogen functional groups attached to an aromatic ring is 1. The summed E-state index contributed by atoms with van der Waals surface area (Å²) in [4.78, 5) is 2.23. The third-order valence-corrected chi connectivity index (χ3v) is 3.20. The smallest absolute Gasteiger partial charge is 0.165 e. The van der Waals surface area contributed by atoms with Crippen molar-refractivity contribution in [3.63, 3.8) is 0 Å². The summed E-state index contributed by atoms with van der Waals surface area (Å²) in [5.74, 6) is -0.351. The molecule has 1 aromatic carbocycles. The molecule has 0 amide bonds. The Morgan fingerprint density at radius 2 is 2.05 bits per heavy atom. The van der Waals surface area contributed by atoms with Crippen LogP contribution in [0.15, 0.2) is 18.2 Å². The van der Waals surface area contributed by atoms with E-state index in [-0.39, 0.29) is 30.1 Å². The zero-order chi connectivity index (χ0) is 13.1. The van der Waals surface area contributed by atoms with E-state index in [1.54, 1.807) is 12.1 Å². The number of amidine groups is 1. The Morgan fingerprint density at radius 1 is 1.42 bits per heavy atom. The quantitative estimate of drug-likeness (QED) is 0.660. The number of hydrogen-bond donors (Lipinski definition) is 2. The fraction of sp³-hybridized carbons (Fsp3) is 0.462. The van der Waals surface area contributed by atoms with Gasteiger partial charge in [0.15, 0.2) is 11.6 Å². The monoisotopic (exact) mass is 287 g/mol. The molecule has 1 fully saturated rings. The summed E-state index contributed by atoms with van der Waals surface area (Å²) in [6.07, 6.45) is 1.88. The molecule has 2 rings (SSSR count). The van der Waals surface area contributed by atoms with Gasteiger partial charge >= 0.3 is 0 Å². The third kappa shape index (κ3) is 4.08. The van der Waals surface area contributed by atoms with Gasteiger partial charge in [-0.05, 0) is 38.1 Å². The summed E-state index contributed by atoms with van der Waals surface area (Å²) in [6, 6.07) is 4.40. The Hall–Kier alpha value is -1.33. The maximum atomic E-state index is 13.8. The normalized spacial score (nSPS) is 16.7. The van der Waals surface area contributed by atoms with Crippen LogP contribution in [0.25, 0.3) is 0 Å². The zero-order valence-electron chi connectivity index (χ0n) is 10.9. The molecular weight excluding hydrogens is 269 g/mol. The highest BCUT2D eigenvalue weighted by atomic mass is 35.5. The van der Waals surface area contributed by atoms with Crippen molar-refractivity contribution < 1.29 is 9.13 Å². The van der Waals surface area contributed by atoms with Gasteiger partial charge < -0.3 is 15.4 Å². The van der Waals surface area contributed by atoms with E-state index in [1.807, 2.05) is 0 Å². The first kappa shape index (κ1) is 15.7. The average Bonchev–Trinajstić information content (AvgIpc) is 2.34. The predicted molar refractivity (Wildman–Crippen MR) is 75.8 cm³/mol. The number of nitrogens with zero attached hydrogens (tertiary/aromatic N) is 1. The van der Waals surface area contributed by atoms with Crippen molar-refractivity contribution in [2.45, 2.75) is 18.9 Å². The molecule has 19 heavy (non-hydrogen) atoms. The molecule has 0 spiro atoms. The molecule has 0 radical (unpaired) electrons. The number of hydrogen-bond acceptors (Lipinski definition) is 3. The summed E-state index contributed by atoms with van der Waals surface area (Å²) in [7, 11) is 2.07. The third-order valence-electron chi connectivity index (χ3n) is 3.20. The number of likely N-dealkylation sites (tertiary alicyclic amines) is 1. The van der Waals surface area contributed by atoms with E-state index in [4.69, 9.17) is 15.9 Å². The highest BCUT2D eigenvalue weighted by Gasteiger charge is 2.19. The zero-order valence-corrected chi connectivity index (χ0v) is 11.7.